The van der Waals surface area contributed by atoms with Crippen LogP contribution in [0.15, 0.2) is 66.7 Å². The first-order valence-electron chi connectivity index (χ1n) is 24.5. The molecule has 0 bridgehead atoms. The highest BCUT2D eigenvalue weighted by Crippen LogP contribution is 2.56. The van der Waals surface area contributed by atoms with Crippen LogP contribution in [0.5, 0.6) is 17.2 Å². The smallest absolute Gasteiger partial charge is 0.253 e. The number of anilines is 1. The Hall–Kier alpha value is -6.06. The molecule has 4 aromatic rings. The van der Waals surface area contributed by atoms with E-state index in [4.69, 9.17) is 31.5 Å². The number of rotatable bonds is 12. The monoisotopic (exact) mass is 979 g/mol. The molecule has 4 amide bonds. The second-order valence-electron chi connectivity index (χ2n) is 19.5. The maximum Gasteiger partial charge on any atom is 0.253 e. The van der Waals surface area contributed by atoms with Gasteiger partial charge in [0.25, 0.3) is 5.91 Å². The number of benzene rings is 4. The normalized spacial score (nSPS) is 23.2. The largest absolute Gasteiger partial charge is 0.495 e. The second kappa shape index (κ2) is 20.3. The van der Waals surface area contributed by atoms with Crippen molar-refractivity contribution in [3.8, 4) is 28.4 Å². The van der Waals surface area contributed by atoms with Crippen molar-refractivity contribution in [1.82, 2.24) is 15.1 Å². The zero-order valence-corrected chi connectivity index (χ0v) is 40.6. The number of Topliss-reactive ketones (excluding diaryl/α,β-unsaturated/α-hetero) is 1. The van der Waals surface area contributed by atoms with Crippen molar-refractivity contribution in [2.75, 3.05) is 58.4 Å². The molecular weight excluding hydrogens is 920 g/mol. The average Bonchev–Trinajstić information content (AvgIpc) is 3.66. The summed E-state index contributed by atoms with van der Waals surface area (Å²) in [6, 6.07) is 18.7. The van der Waals surface area contributed by atoms with Crippen LogP contribution in [0.1, 0.15) is 109 Å². The number of nitrogens with one attached hydrogen (secondary N) is 1. The van der Waals surface area contributed by atoms with Gasteiger partial charge in [-0.2, -0.15) is 0 Å². The summed E-state index contributed by atoms with van der Waals surface area (Å²) >= 11 is 6.70. The number of carbonyl (C=O) groups excluding carboxylic acids is 5. The number of hydrogen-bond donors (Lipinski definition) is 2. The number of ether oxygens (including phenoxy) is 3. The van der Waals surface area contributed by atoms with Gasteiger partial charge in [0.15, 0.2) is 17.2 Å². The predicted octanol–water partition coefficient (Wildman–Crippen LogP) is 8.43. The summed E-state index contributed by atoms with van der Waals surface area (Å²) in [5, 5.41) is 3.38. The molecule has 9 rings (SSSR count). The molecule has 13 nitrogen and oxygen atoms in total. The van der Waals surface area contributed by atoms with E-state index in [1.54, 1.807) is 18.2 Å². The molecule has 4 heterocycles. The Morgan fingerprint density at radius 2 is 1.46 bits per heavy atom. The average molecular weight is 981 g/mol. The van der Waals surface area contributed by atoms with Crippen molar-refractivity contribution < 1.29 is 47.0 Å². The summed E-state index contributed by atoms with van der Waals surface area (Å²) in [7, 11) is 2.82. The summed E-state index contributed by atoms with van der Waals surface area (Å²) in [6.07, 6.45) is 6.77. The van der Waals surface area contributed by atoms with Crippen LogP contribution >= 0.6 is 11.6 Å². The van der Waals surface area contributed by atoms with Crippen LogP contribution in [0.2, 0.25) is 5.02 Å². The van der Waals surface area contributed by atoms with Crippen LogP contribution in [0.3, 0.4) is 0 Å². The fourth-order valence-corrected chi connectivity index (χ4v) is 12.1. The first-order chi connectivity index (χ1) is 33.7. The number of halogens is 3. The summed E-state index contributed by atoms with van der Waals surface area (Å²) in [6.45, 7) is 5.21. The third-order valence-corrected chi connectivity index (χ3v) is 16.2. The number of likely N-dealkylation sites (tertiary alicyclic amines) is 2. The molecule has 0 spiro atoms. The topological polar surface area (TPSA) is 161 Å². The molecule has 0 unspecified atom stereocenters. The summed E-state index contributed by atoms with van der Waals surface area (Å²) < 4.78 is 49.6. The zero-order chi connectivity index (χ0) is 49.4. The first kappa shape index (κ1) is 48.9. The number of nitrogens with zero attached hydrogens (tertiary/aromatic N) is 3. The van der Waals surface area contributed by atoms with Gasteiger partial charge in [-0.3, -0.25) is 24.0 Å². The number of carbonyl (C=O) groups is 5. The van der Waals surface area contributed by atoms with Gasteiger partial charge < -0.3 is 40.0 Å². The fraction of sp³-hybridized carbons (Fsp3) is 0.463. The van der Waals surface area contributed by atoms with E-state index >= 15 is 8.78 Å². The molecular formula is C54H60ClF2N5O8. The highest BCUT2D eigenvalue weighted by atomic mass is 35.5. The number of amides is 4. The molecule has 4 aromatic carbocycles. The minimum atomic E-state index is -1.08. The van der Waals surface area contributed by atoms with Gasteiger partial charge in [-0.25, -0.2) is 8.78 Å². The lowest BCUT2D eigenvalue weighted by Crippen LogP contribution is -2.49. The van der Waals surface area contributed by atoms with Gasteiger partial charge in [0.2, 0.25) is 17.7 Å². The molecule has 1 aliphatic carbocycles. The lowest BCUT2D eigenvalue weighted by molar-refractivity contribution is -0.138. The van der Waals surface area contributed by atoms with Crippen molar-refractivity contribution >= 4 is 46.7 Å². The van der Waals surface area contributed by atoms with Crippen LogP contribution < -0.4 is 30.2 Å². The van der Waals surface area contributed by atoms with Crippen molar-refractivity contribution in [2.45, 2.75) is 88.7 Å². The molecule has 3 saturated heterocycles. The highest BCUT2D eigenvalue weighted by molar-refractivity contribution is 6.34. The van der Waals surface area contributed by atoms with Crippen LogP contribution in [0.25, 0.3) is 11.1 Å². The third kappa shape index (κ3) is 9.22. The Balaban J connectivity index is 0.796. The Kier molecular flexibility index (Phi) is 14.2. The van der Waals surface area contributed by atoms with E-state index in [1.165, 1.54) is 37.3 Å². The van der Waals surface area contributed by atoms with Gasteiger partial charge in [0, 0.05) is 91.9 Å². The van der Waals surface area contributed by atoms with Crippen molar-refractivity contribution in [3.63, 3.8) is 0 Å². The van der Waals surface area contributed by atoms with E-state index < -0.39 is 29.1 Å². The molecule has 4 aliphatic heterocycles. The lowest BCUT2D eigenvalue weighted by Gasteiger charge is -2.41. The number of nitrogens with two attached hydrogens (primary N) is 1. The molecule has 70 heavy (non-hydrogen) atoms. The molecule has 0 radical (unpaired) electrons. The van der Waals surface area contributed by atoms with Gasteiger partial charge in [0.1, 0.15) is 23.1 Å². The maximum absolute atomic E-state index is 16.2. The number of primary amides is 1. The minimum Gasteiger partial charge on any atom is -0.495 e. The molecule has 3 N–H and O–H groups in total. The van der Waals surface area contributed by atoms with E-state index in [-0.39, 0.29) is 88.1 Å². The van der Waals surface area contributed by atoms with Gasteiger partial charge in [-0.05, 0) is 99.1 Å². The second-order valence-corrected chi connectivity index (χ2v) is 19.9. The Morgan fingerprint density at radius 3 is 2.09 bits per heavy atom. The maximum atomic E-state index is 16.2. The van der Waals surface area contributed by atoms with Crippen LogP contribution in [0.4, 0.5) is 14.5 Å². The van der Waals surface area contributed by atoms with Crippen LogP contribution in [0, 0.1) is 29.4 Å². The van der Waals surface area contributed by atoms with Gasteiger partial charge in [-0.1, -0.05) is 48.9 Å². The molecule has 1 saturated carbocycles. The molecule has 2 atom stereocenters. The number of fused-ring (bicyclic) bond motifs is 1. The number of ketones is 1. The van der Waals surface area contributed by atoms with E-state index in [1.807, 2.05) is 47.1 Å². The Bertz CT molecular complexity index is 2680. The summed E-state index contributed by atoms with van der Waals surface area (Å²) in [5.74, 6) is -2.03. The van der Waals surface area contributed by atoms with E-state index in [0.717, 1.165) is 70.0 Å². The van der Waals surface area contributed by atoms with Crippen molar-refractivity contribution in [2.24, 2.45) is 23.5 Å². The SMILES string of the molecule is COc1ccc(C(=O)N2CCC(C3CCN(C(=O)C4CCC(NC[C@]5(c6ccccc6)Oc6cc(F)c(Cl)c(-c7c(C(N)=O)ccc(OC)c7F)c6[C@@H]5C)CC4)CC3)CC2)cc1N1CCC(=O)CC1=O. The van der Waals surface area contributed by atoms with Gasteiger partial charge in [-0.15, -0.1) is 0 Å². The summed E-state index contributed by atoms with van der Waals surface area (Å²) in [4.78, 5) is 70.5. The highest BCUT2D eigenvalue weighted by Gasteiger charge is 2.50. The fourth-order valence-electron chi connectivity index (χ4n) is 11.8. The van der Waals surface area contributed by atoms with Crippen LogP contribution in [-0.4, -0.2) is 98.7 Å². The predicted molar refractivity (Wildman–Crippen MR) is 260 cm³/mol. The summed E-state index contributed by atoms with van der Waals surface area (Å²) in [5.41, 5.74) is 6.48. The Labute approximate surface area is 411 Å². The number of hydrogen-bond acceptors (Lipinski definition) is 9. The lowest BCUT2D eigenvalue weighted by atomic mass is 9.77. The molecule has 0 aromatic heterocycles. The van der Waals surface area contributed by atoms with Crippen molar-refractivity contribution in [1.29, 1.82) is 0 Å². The van der Waals surface area contributed by atoms with Gasteiger partial charge in [0.05, 0.1) is 36.9 Å². The Morgan fingerprint density at radius 1 is 0.814 bits per heavy atom. The minimum absolute atomic E-state index is 0.0112. The molecule has 5 aliphatic rings. The zero-order valence-electron chi connectivity index (χ0n) is 39.9. The standard InChI is InChI=1S/C54H60ClF2N5O8/c1-31-46-44(29-40(56)49(55)48(46)47-39(51(58)65)14-16-43(69-3)50(47)57)70-54(31,36-7-5-4-6-8-36)30-59-37-12-9-34(10-13-37)52(66)60-22-17-32(18-23-60)33-19-24-61(25-20-33)53(67)35-11-15-42(68-2)41(27-35)62-26-21-38(63)28-45(62)64/h4-8,11,14-16,27,29,31-34,37,59H,9-10,12-13,17-26,28,30H2,1-3H3,(H2,58,65)/t31-,34?,37?,54-/m0/s1. The quantitative estimate of drug-likeness (QED) is 0.133. The van der Waals surface area contributed by atoms with E-state index in [0.29, 0.717) is 54.0 Å². The van der Waals surface area contributed by atoms with Crippen molar-refractivity contribution in [3.05, 3.63) is 106 Å². The number of methoxy groups -OCH3 is 2. The van der Waals surface area contributed by atoms with Gasteiger partial charge >= 0.3 is 0 Å². The first-order valence-corrected chi connectivity index (χ1v) is 24.8. The molecule has 370 valence electrons. The van der Waals surface area contributed by atoms with E-state index in [9.17, 15) is 24.0 Å². The number of piperidine rings is 3. The molecule has 4 fully saturated rings. The van der Waals surface area contributed by atoms with Crippen LogP contribution in [-0.2, 0) is 20.0 Å². The molecule has 16 heteroatoms. The third-order valence-electron chi connectivity index (χ3n) is 15.8. The van der Waals surface area contributed by atoms with E-state index in [2.05, 4.69) is 5.32 Å².